The van der Waals surface area contributed by atoms with Gasteiger partial charge in [0.2, 0.25) is 17.7 Å². The summed E-state index contributed by atoms with van der Waals surface area (Å²) in [5, 5.41) is 8.71. The Bertz CT molecular complexity index is 779. The van der Waals surface area contributed by atoms with Gasteiger partial charge < -0.3 is 16.0 Å². The SMILES string of the molecule is CC(=O)Nc1ccc(NC(=O)CSCC(=O)Nc2ccc(Cl)cc2)cc1. The molecule has 6 nitrogen and oxygen atoms in total. The predicted octanol–water partition coefficient (Wildman–Crippen LogP) is 3.61. The van der Waals surface area contributed by atoms with E-state index in [1.165, 1.54) is 18.7 Å². The van der Waals surface area contributed by atoms with Crippen LogP contribution < -0.4 is 16.0 Å². The molecule has 0 aliphatic heterocycles. The number of thioether (sulfide) groups is 1. The molecule has 0 radical (unpaired) electrons. The van der Waals surface area contributed by atoms with Gasteiger partial charge in [-0.1, -0.05) is 11.6 Å². The Labute approximate surface area is 160 Å². The molecule has 3 N–H and O–H groups in total. The average Bonchev–Trinajstić information content (AvgIpc) is 2.58. The van der Waals surface area contributed by atoms with Crippen LogP contribution in [0.5, 0.6) is 0 Å². The molecule has 0 aliphatic carbocycles. The Morgan fingerprint density at radius 3 is 1.58 bits per heavy atom. The van der Waals surface area contributed by atoms with Gasteiger partial charge in [-0.2, -0.15) is 0 Å². The number of carbonyl (C=O) groups is 3. The summed E-state index contributed by atoms with van der Waals surface area (Å²) in [6, 6.07) is 13.6. The Kier molecular flexibility index (Phi) is 7.50. The lowest BCUT2D eigenvalue weighted by atomic mass is 10.3. The lowest BCUT2D eigenvalue weighted by molar-refractivity contribution is -0.115. The van der Waals surface area contributed by atoms with Crippen molar-refractivity contribution in [1.29, 1.82) is 0 Å². The van der Waals surface area contributed by atoms with Crippen LogP contribution in [0.1, 0.15) is 6.92 Å². The maximum Gasteiger partial charge on any atom is 0.234 e. The van der Waals surface area contributed by atoms with Crippen LogP contribution in [-0.2, 0) is 14.4 Å². The molecule has 0 heterocycles. The Morgan fingerprint density at radius 1 is 0.769 bits per heavy atom. The number of carbonyl (C=O) groups excluding carboxylic acids is 3. The number of hydrogen-bond acceptors (Lipinski definition) is 4. The third-order valence-corrected chi connectivity index (χ3v) is 4.27. The van der Waals surface area contributed by atoms with Crippen molar-refractivity contribution in [2.24, 2.45) is 0 Å². The topological polar surface area (TPSA) is 87.3 Å². The molecular weight excluding hydrogens is 374 g/mol. The third-order valence-electron chi connectivity index (χ3n) is 3.08. The van der Waals surface area contributed by atoms with E-state index in [0.29, 0.717) is 22.1 Å². The van der Waals surface area contributed by atoms with Crippen molar-refractivity contribution in [3.05, 3.63) is 53.6 Å². The smallest absolute Gasteiger partial charge is 0.234 e. The molecule has 0 bridgehead atoms. The van der Waals surface area contributed by atoms with Crippen molar-refractivity contribution in [2.45, 2.75) is 6.92 Å². The van der Waals surface area contributed by atoms with Crippen molar-refractivity contribution in [1.82, 2.24) is 0 Å². The fourth-order valence-electron chi connectivity index (χ4n) is 2.00. The molecule has 3 amide bonds. The van der Waals surface area contributed by atoms with Crippen LogP contribution in [-0.4, -0.2) is 29.2 Å². The van der Waals surface area contributed by atoms with Gasteiger partial charge in [0.15, 0.2) is 0 Å². The molecule has 0 atom stereocenters. The van der Waals surface area contributed by atoms with Crippen molar-refractivity contribution in [2.75, 3.05) is 27.5 Å². The largest absolute Gasteiger partial charge is 0.326 e. The van der Waals surface area contributed by atoms with Gasteiger partial charge in [-0.15, -0.1) is 11.8 Å². The zero-order valence-electron chi connectivity index (χ0n) is 14.0. The number of rotatable bonds is 7. The maximum atomic E-state index is 11.9. The maximum absolute atomic E-state index is 11.9. The standard InChI is InChI=1S/C18H18ClN3O3S/c1-12(23)20-14-6-8-16(9-7-14)22-18(25)11-26-10-17(24)21-15-4-2-13(19)3-5-15/h2-9H,10-11H2,1H3,(H,20,23)(H,21,24)(H,22,25). The van der Waals surface area contributed by atoms with Crippen LogP contribution >= 0.6 is 23.4 Å². The number of amides is 3. The molecule has 0 unspecified atom stereocenters. The van der Waals surface area contributed by atoms with Crippen LogP contribution in [0.25, 0.3) is 0 Å². The highest BCUT2D eigenvalue weighted by molar-refractivity contribution is 8.00. The molecule has 26 heavy (non-hydrogen) atoms. The van der Waals surface area contributed by atoms with E-state index >= 15 is 0 Å². The van der Waals surface area contributed by atoms with Crippen LogP contribution in [0.3, 0.4) is 0 Å². The predicted molar refractivity (Wildman–Crippen MR) is 107 cm³/mol. The van der Waals surface area contributed by atoms with Crippen LogP contribution in [0.15, 0.2) is 48.5 Å². The highest BCUT2D eigenvalue weighted by Crippen LogP contribution is 2.15. The van der Waals surface area contributed by atoms with Gasteiger partial charge in [0.05, 0.1) is 11.5 Å². The van der Waals surface area contributed by atoms with E-state index in [4.69, 9.17) is 11.6 Å². The molecule has 0 aromatic heterocycles. The second kappa shape index (κ2) is 9.84. The quantitative estimate of drug-likeness (QED) is 0.672. The molecule has 0 fully saturated rings. The summed E-state index contributed by atoms with van der Waals surface area (Å²) in [6.45, 7) is 1.43. The molecular formula is C18H18ClN3O3S. The molecule has 2 aromatic carbocycles. The molecule has 2 rings (SSSR count). The van der Waals surface area contributed by atoms with E-state index in [-0.39, 0.29) is 29.2 Å². The van der Waals surface area contributed by atoms with E-state index in [2.05, 4.69) is 16.0 Å². The fourth-order valence-corrected chi connectivity index (χ4v) is 2.75. The highest BCUT2D eigenvalue weighted by Gasteiger charge is 2.07. The summed E-state index contributed by atoms with van der Waals surface area (Å²) in [5.74, 6) is -0.236. The number of benzene rings is 2. The summed E-state index contributed by atoms with van der Waals surface area (Å²) in [7, 11) is 0. The summed E-state index contributed by atoms with van der Waals surface area (Å²) in [4.78, 5) is 34.7. The summed E-state index contributed by atoms with van der Waals surface area (Å²) in [6.07, 6.45) is 0. The Hall–Kier alpha value is -2.51. The molecule has 8 heteroatoms. The van der Waals surface area contributed by atoms with Gasteiger partial charge in [0, 0.05) is 29.0 Å². The monoisotopic (exact) mass is 391 g/mol. The number of halogens is 1. The second-order valence-corrected chi connectivity index (χ2v) is 6.78. The first-order valence-electron chi connectivity index (χ1n) is 7.73. The first kappa shape index (κ1) is 19.8. The summed E-state index contributed by atoms with van der Waals surface area (Å²) < 4.78 is 0. The van der Waals surface area contributed by atoms with Gasteiger partial charge >= 0.3 is 0 Å². The zero-order valence-corrected chi connectivity index (χ0v) is 15.6. The van der Waals surface area contributed by atoms with E-state index in [0.717, 1.165) is 0 Å². The lowest BCUT2D eigenvalue weighted by Gasteiger charge is -2.07. The Morgan fingerprint density at radius 2 is 1.15 bits per heavy atom. The van der Waals surface area contributed by atoms with Gasteiger partial charge in [-0.25, -0.2) is 0 Å². The summed E-state index contributed by atoms with van der Waals surface area (Å²) >= 11 is 7.00. The van der Waals surface area contributed by atoms with Crippen molar-refractivity contribution >= 4 is 58.1 Å². The normalized spacial score (nSPS) is 10.1. The first-order valence-corrected chi connectivity index (χ1v) is 9.26. The van der Waals surface area contributed by atoms with Crippen LogP contribution in [0, 0.1) is 0 Å². The molecule has 0 aliphatic rings. The van der Waals surface area contributed by atoms with Crippen molar-refractivity contribution in [3.8, 4) is 0 Å². The molecule has 136 valence electrons. The van der Waals surface area contributed by atoms with Gasteiger partial charge in [0.1, 0.15) is 0 Å². The number of hydrogen-bond donors (Lipinski definition) is 3. The van der Waals surface area contributed by atoms with Gasteiger partial charge in [-0.05, 0) is 48.5 Å². The zero-order chi connectivity index (χ0) is 18.9. The average molecular weight is 392 g/mol. The van der Waals surface area contributed by atoms with E-state index in [9.17, 15) is 14.4 Å². The molecule has 0 saturated heterocycles. The van der Waals surface area contributed by atoms with Gasteiger partial charge in [0.25, 0.3) is 0 Å². The second-order valence-electron chi connectivity index (χ2n) is 5.35. The molecule has 0 spiro atoms. The highest BCUT2D eigenvalue weighted by atomic mass is 35.5. The molecule has 0 saturated carbocycles. The van der Waals surface area contributed by atoms with E-state index < -0.39 is 0 Å². The summed E-state index contributed by atoms with van der Waals surface area (Å²) in [5.41, 5.74) is 1.93. The first-order chi connectivity index (χ1) is 12.4. The van der Waals surface area contributed by atoms with E-state index in [1.807, 2.05) is 0 Å². The van der Waals surface area contributed by atoms with Crippen LogP contribution in [0.4, 0.5) is 17.1 Å². The number of anilines is 3. The number of nitrogens with one attached hydrogen (secondary N) is 3. The Balaban J connectivity index is 1.70. The fraction of sp³-hybridized carbons (Fsp3) is 0.167. The lowest BCUT2D eigenvalue weighted by Crippen LogP contribution is -2.18. The van der Waals surface area contributed by atoms with E-state index in [1.54, 1.807) is 48.5 Å². The minimum absolute atomic E-state index is 0.154. The minimum atomic E-state index is -0.207. The third kappa shape index (κ3) is 7.16. The van der Waals surface area contributed by atoms with Crippen molar-refractivity contribution < 1.29 is 14.4 Å². The van der Waals surface area contributed by atoms with Crippen LogP contribution in [0.2, 0.25) is 5.02 Å². The van der Waals surface area contributed by atoms with Gasteiger partial charge in [-0.3, -0.25) is 14.4 Å². The molecule has 2 aromatic rings. The van der Waals surface area contributed by atoms with Crippen molar-refractivity contribution in [3.63, 3.8) is 0 Å². The minimum Gasteiger partial charge on any atom is -0.326 e.